The lowest BCUT2D eigenvalue weighted by Crippen LogP contribution is -2.50. The van der Waals surface area contributed by atoms with Gasteiger partial charge in [-0.15, -0.1) is 11.3 Å². The maximum atomic E-state index is 12.5. The zero-order chi connectivity index (χ0) is 15.8. The lowest BCUT2D eigenvalue weighted by molar-refractivity contribution is -0.135. The molecule has 0 bridgehead atoms. The summed E-state index contributed by atoms with van der Waals surface area (Å²) in [5.41, 5.74) is 2.46. The Morgan fingerprint density at radius 2 is 2.13 bits per heavy atom. The second-order valence-corrected chi connectivity index (χ2v) is 7.89. The van der Waals surface area contributed by atoms with Crippen molar-refractivity contribution >= 4 is 23.0 Å². The van der Waals surface area contributed by atoms with Crippen molar-refractivity contribution < 1.29 is 4.79 Å². The van der Waals surface area contributed by atoms with E-state index in [9.17, 15) is 4.79 Å². The number of hydrogen-bond donors (Lipinski definition) is 0. The molecule has 1 fully saturated rings. The van der Waals surface area contributed by atoms with Crippen LogP contribution in [0.1, 0.15) is 29.7 Å². The fourth-order valence-electron chi connectivity index (χ4n) is 3.75. The van der Waals surface area contributed by atoms with Crippen molar-refractivity contribution in [3.63, 3.8) is 0 Å². The van der Waals surface area contributed by atoms with E-state index < -0.39 is 0 Å². The maximum Gasteiger partial charge on any atom is 0.244 e. The molecule has 1 unspecified atom stereocenters. The number of piperazine rings is 1. The first-order chi connectivity index (χ1) is 11.2. The normalized spacial score (nSPS) is 26.5. The number of carbonyl (C=O) groups excluding carboxylic acids is 1. The van der Waals surface area contributed by atoms with Crippen LogP contribution in [-0.2, 0) is 11.2 Å². The molecule has 1 amide bonds. The quantitative estimate of drug-likeness (QED) is 0.830. The number of rotatable bonds is 2. The summed E-state index contributed by atoms with van der Waals surface area (Å²) in [7, 11) is 2.15. The minimum atomic E-state index is 0.191. The van der Waals surface area contributed by atoms with Crippen molar-refractivity contribution in [2.45, 2.75) is 25.7 Å². The summed E-state index contributed by atoms with van der Waals surface area (Å²) in [5.74, 6) is 0.512. The highest BCUT2D eigenvalue weighted by Gasteiger charge is 2.33. The van der Waals surface area contributed by atoms with Gasteiger partial charge in [0.2, 0.25) is 5.91 Å². The summed E-state index contributed by atoms with van der Waals surface area (Å²) < 4.78 is 0. The average Bonchev–Trinajstić information content (AvgIpc) is 2.94. The number of nitrogens with zero attached hydrogens (tertiary/aromatic N) is 4. The number of aryl methyl sites for hydroxylation is 1. The average molecular weight is 332 g/mol. The number of hydrogen-bond acceptors (Lipinski definition) is 5. The standard InChI is InChI=1S/C17H24N4OS/c1-19-6-8-20(9-7-19)12-21-16(22)11-13-3-2-4-15-14(5-10-23-15)17(13)18-21/h5,10,13H,2-4,6-9,11-12H2,1H3. The van der Waals surface area contributed by atoms with Gasteiger partial charge in [0, 0.05) is 49.0 Å². The SMILES string of the molecule is CN1CCN(CN2N=C3c4ccsc4CCCC3CC2=O)CC1. The van der Waals surface area contributed by atoms with Crippen molar-refractivity contribution in [2.75, 3.05) is 39.9 Å². The Balaban J connectivity index is 1.56. The molecule has 1 aliphatic carbocycles. The van der Waals surface area contributed by atoms with Crippen LogP contribution in [0.3, 0.4) is 0 Å². The van der Waals surface area contributed by atoms with Crippen LogP contribution in [0.15, 0.2) is 16.5 Å². The van der Waals surface area contributed by atoms with Crippen LogP contribution in [0, 0.1) is 5.92 Å². The van der Waals surface area contributed by atoms with E-state index in [1.54, 1.807) is 5.01 Å². The third-order valence-corrected chi connectivity index (χ3v) is 6.21. The van der Waals surface area contributed by atoms with Gasteiger partial charge in [0.05, 0.1) is 12.4 Å². The molecule has 1 aromatic heterocycles. The molecule has 3 heterocycles. The number of carbonyl (C=O) groups is 1. The zero-order valence-corrected chi connectivity index (χ0v) is 14.5. The minimum absolute atomic E-state index is 0.191. The topological polar surface area (TPSA) is 39.1 Å². The van der Waals surface area contributed by atoms with Gasteiger partial charge in [-0.25, -0.2) is 5.01 Å². The van der Waals surface area contributed by atoms with Gasteiger partial charge in [-0.3, -0.25) is 9.69 Å². The predicted molar refractivity (Wildman–Crippen MR) is 92.7 cm³/mol. The zero-order valence-electron chi connectivity index (χ0n) is 13.7. The number of amides is 1. The maximum absolute atomic E-state index is 12.5. The Labute approximate surface area is 141 Å². The van der Waals surface area contributed by atoms with E-state index in [4.69, 9.17) is 5.10 Å². The highest BCUT2D eigenvalue weighted by molar-refractivity contribution is 7.10. The Bertz CT molecular complexity index is 618. The molecule has 1 saturated heterocycles. The summed E-state index contributed by atoms with van der Waals surface area (Å²) in [5, 5.41) is 8.71. The molecule has 3 aliphatic rings. The second kappa shape index (κ2) is 6.34. The van der Waals surface area contributed by atoms with E-state index in [-0.39, 0.29) is 5.91 Å². The van der Waals surface area contributed by atoms with Gasteiger partial charge in [0.25, 0.3) is 0 Å². The molecular formula is C17H24N4OS. The third kappa shape index (κ3) is 3.07. The molecule has 0 radical (unpaired) electrons. The molecule has 1 aromatic rings. The molecule has 5 nitrogen and oxygen atoms in total. The van der Waals surface area contributed by atoms with Gasteiger partial charge in [-0.2, -0.15) is 5.10 Å². The molecule has 0 saturated carbocycles. The summed E-state index contributed by atoms with van der Waals surface area (Å²) in [6, 6.07) is 2.20. The van der Waals surface area contributed by atoms with Gasteiger partial charge in [0.1, 0.15) is 0 Å². The van der Waals surface area contributed by atoms with E-state index in [1.165, 1.54) is 16.9 Å². The first-order valence-electron chi connectivity index (χ1n) is 8.57. The van der Waals surface area contributed by atoms with E-state index in [0.29, 0.717) is 19.0 Å². The summed E-state index contributed by atoms with van der Waals surface area (Å²) in [6.07, 6.45) is 4.02. The van der Waals surface area contributed by atoms with E-state index in [0.717, 1.165) is 44.7 Å². The number of fused-ring (bicyclic) bond motifs is 3. The fraction of sp³-hybridized carbons (Fsp3) is 0.647. The molecule has 1 atom stereocenters. The fourth-order valence-corrected chi connectivity index (χ4v) is 4.68. The van der Waals surface area contributed by atoms with Crippen molar-refractivity contribution in [3.8, 4) is 0 Å². The van der Waals surface area contributed by atoms with Gasteiger partial charge in [0.15, 0.2) is 0 Å². The van der Waals surface area contributed by atoms with E-state index in [1.807, 2.05) is 11.3 Å². The predicted octanol–water partition coefficient (Wildman–Crippen LogP) is 1.84. The molecule has 6 heteroatoms. The second-order valence-electron chi connectivity index (χ2n) is 6.89. The van der Waals surface area contributed by atoms with Crippen LogP contribution >= 0.6 is 11.3 Å². The highest BCUT2D eigenvalue weighted by atomic mass is 32.1. The van der Waals surface area contributed by atoms with Gasteiger partial charge in [-0.05, 0) is 37.8 Å². The Morgan fingerprint density at radius 3 is 2.96 bits per heavy atom. The van der Waals surface area contributed by atoms with Crippen molar-refractivity contribution in [3.05, 3.63) is 21.9 Å². The van der Waals surface area contributed by atoms with E-state index in [2.05, 4.69) is 28.3 Å². The third-order valence-electron chi connectivity index (χ3n) is 5.23. The molecule has 4 rings (SSSR count). The van der Waals surface area contributed by atoms with Crippen molar-refractivity contribution in [2.24, 2.45) is 11.0 Å². The van der Waals surface area contributed by atoms with Crippen molar-refractivity contribution in [1.82, 2.24) is 14.8 Å². The first kappa shape index (κ1) is 15.3. The van der Waals surface area contributed by atoms with E-state index >= 15 is 0 Å². The minimum Gasteiger partial charge on any atom is -0.304 e. The van der Waals surface area contributed by atoms with Crippen LogP contribution in [0.25, 0.3) is 0 Å². The Morgan fingerprint density at radius 1 is 1.30 bits per heavy atom. The summed E-state index contributed by atoms with van der Waals surface area (Å²) in [4.78, 5) is 18.7. The largest absolute Gasteiger partial charge is 0.304 e. The first-order valence-corrected chi connectivity index (χ1v) is 9.45. The lowest BCUT2D eigenvalue weighted by atomic mass is 9.91. The molecule has 0 spiro atoms. The van der Waals surface area contributed by atoms with Gasteiger partial charge >= 0.3 is 0 Å². The molecule has 0 aromatic carbocycles. The van der Waals surface area contributed by atoms with Crippen LogP contribution in [0.5, 0.6) is 0 Å². The molecule has 0 N–H and O–H groups in total. The Kier molecular flexibility index (Phi) is 4.22. The summed E-state index contributed by atoms with van der Waals surface area (Å²) in [6.45, 7) is 4.80. The Hall–Kier alpha value is -1.24. The number of likely N-dealkylation sites (N-methyl/N-ethyl adjacent to an activating group) is 1. The summed E-state index contributed by atoms with van der Waals surface area (Å²) >= 11 is 1.83. The smallest absolute Gasteiger partial charge is 0.244 e. The van der Waals surface area contributed by atoms with Gasteiger partial charge in [-0.1, -0.05) is 0 Å². The number of hydrazone groups is 1. The van der Waals surface area contributed by atoms with Crippen LogP contribution < -0.4 is 0 Å². The molecule has 2 aliphatic heterocycles. The molecular weight excluding hydrogens is 308 g/mol. The highest BCUT2D eigenvalue weighted by Crippen LogP contribution is 2.33. The monoisotopic (exact) mass is 332 g/mol. The molecule has 23 heavy (non-hydrogen) atoms. The van der Waals surface area contributed by atoms with Gasteiger partial charge < -0.3 is 4.90 Å². The molecule has 124 valence electrons. The lowest BCUT2D eigenvalue weighted by Gasteiger charge is -2.36. The number of thiophene rings is 1. The van der Waals surface area contributed by atoms with Crippen LogP contribution in [-0.4, -0.2) is 66.3 Å². The van der Waals surface area contributed by atoms with Crippen molar-refractivity contribution in [1.29, 1.82) is 0 Å². The van der Waals surface area contributed by atoms with Crippen LogP contribution in [0.4, 0.5) is 0 Å². The van der Waals surface area contributed by atoms with Crippen LogP contribution in [0.2, 0.25) is 0 Å².